The minimum absolute atomic E-state index is 0.0215. The van der Waals surface area contributed by atoms with E-state index in [1.165, 1.54) is 6.07 Å². The fraction of sp³-hybridized carbons (Fsp3) is 0.235. The van der Waals surface area contributed by atoms with E-state index >= 15 is 0 Å². The van der Waals surface area contributed by atoms with Crippen molar-refractivity contribution >= 4 is 0 Å². The highest BCUT2D eigenvalue weighted by Gasteiger charge is 2.20. The van der Waals surface area contributed by atoms with Gasteiger partial charge in [0.05, 0.1) is 11.7 Å². The summed E-state index contributed by atoms with van der Waals surface area (Å²) in [6.45, 7) is 0.0721. The van der Waals surface area contributed by atoms with Crippen molar-refractivity contribution in [1.29, 1.82) is 5.26 Å². The Balaban J connectivity index is 1.76. The molecule has 0 heterocycles. The van der Waals surface area contributed by atoms with E-state index in [2.05, 4.69) is 0 Å². The van der Waals surface area contributed by atoms with Gasteiger partial charge in [0.25, 0.3) is 0 Å². The van der Waals surface area contributed by atoms with Gasteiger partial charge in [0.15, 0.2) is 0 Å². The molecule has 1 N–H and O–H groups in total. The molecule has 0 aromatic heterocycles. The number of rotatable bonds is 3. The molecule has 0 bridgehead atoms. The predicted octanol–water partition coefficient (Wildman–Crippen LogP) is 3.26. The lowest BCUT2D eigenvalue weighted by molar-refractivity contribution is 0.180. The van der Waals surface area contributed by atoms with Crippen LogP contribution in [0, 0.1) is 17.1 Å². The monoisotopic (exact) mass is 283 g/mol. The number of aryl methyl sites for hydroxylation is 1. The summed E-state index contributed by atoms with van der Waals surface area (Å²) >= 11 is 0. The smallest absolute Gasteiger partial charge is 0.147 e. The molecule has 1 aliphatic rings. The average Bonchev–Trinajstić information content (AvgIpc) is 2.87. The molecule has 2 aromatic carbocycles. The molecule has 0 radical (unpaired) electrons. The third-order valence-corrected chi connectivity index (χ3v) is 3.75. The summed E-state index contributed by atoms with van der Waals surface area (Å²) in [5.41, 5.74) is 2.40. The minimum atomic E-state index is -0.531. The maximum absolute atomic E-state index is 13.9. The first-order valence-corrected chi connectivity index (χ1v) is 6.80. The minimum Gasteiger partial charge on any atom is -0.489 e. The highest BCUT2D eigenvalue weighted by molar-refractivity contribution is 5.40. The summed E-state index contributed by atoms with van der Waals surface area (Å²) in [5.74, 6) is 0.112. The van der Waals surface area contributed by atoms with Gasteiger partial charge < -0.3 is 9.84 Å². The van der Waals surface area contributed by atoms with Crippen LogP contribution in [-0.2, 0) is 13.0 Å². The van der Waals surface area contributed by atoms with E-state index in [-0.39, 0.29) is 18.3 Å². The van der Waals surface area contributed by atoms with Crippen molar-refractivity contribution in [2.75, 3.05) is 0 Å². The van der Waals surface area contributed by atoms with Gasteiger partial charge in [-0.3, -0.25) is 0 Å². The topological polar surface area (TPSA) is 53.2 Å². The van der Waals surface area contributed by atoms with E-state index in [0.29, 0.717) is 11.3 Å². The van der Waals surface area contributed by atoms with Crippen molar-refractivity contribution < 1.29 is 14.2 Å². The lowest BCUT2D eigenvalue weighted by Gasteiger charge is -2.10. The maximum Gasteiger partial charge on any atom is 0.147 e. The number of hydrogen-bond donors (Lipinski definition) is 1. The normalized spacial score (nSPS) is 16.3. The first-order chi connectivity index (χ1) is 10.2. The standard InChI is InChI=1S/C17H14FNO2/c18-17-12(9-19)2-1-3-13(17)10-21-14-5-6-15-11(8-14)4-7-16(15)20/h1-3,5-6,8,16,20H,4,7,10H2/t16-/m1/s1. The molecule has 0 spiro atoms. The number of aliphatic hydroxyl groups excluding tert-OH is 1. The zero-order valence-electron chi connectivity index (χ0n) is 11.3. The molecule has 0 saturated carbocycles. The molecule has 3 rings (SSSR count). The largest absolute Gasteiger partial charge is 0.489 e. The van der Waals surface area contributed by atoms with E-state index < -0.39 is 5.82 Å². The average molecular weight is 283 g/mol. The van der Waals surface area contributed by atoms with Gasteiger partial charge in [-0.25, -0.2) is 4.39 Å². The van der Waals surface area contributed by atoms with Crippen molar-refractivity contribution in [1.82, 2.24) is 0 Å². The van der Waals surface area contributed by atoms with Gasteiger partial charge in [0.1, 0.15) is 24.2 Å². The van der Waals surface area contributed by atoms with Crippen molar-refractivity contribution in [2.24, 2.45) is 0 Å². The molecule has 0 unspecified atom stereocenters. The number of nitrogens with zero attached hydrogens (tertiary/aromatic N) is 1. The third kappa shape index (κ3) is 2.61. The van der Waals surface area contributed by atoms with Gasteiger partial charge in [-0.05, 0) is 42.2 Å². The second-order valence-electron chi connectivity index (χ2n) is 5.09. The molecule has 0 amide bonds. The fourth-order valence-electron chi connectivity index (χ4n) is 2.60. The molecule has 0 fully saturated rings. The van der Waals surface area contributed by atoms with Crippen LogP contribution in [0.4, 0.5) is 4.39 Å². The number of nitriles is 1. The third-order valence-electron chi connectivity index (χ3n) is 3.75. The van der Waals surface area contributed by atoms with Crippen molar-refractivity contribution in [3.8, 4) is 11.8 Å². The summed E-state index contributed by atoms with van der Waals surface area (Å²) in [7, 11) is 0. The van der Waals surface area contributed by atoms with Crippen LogP contribution in [0.25, 0.3) is 0 Å². The zero-order chi connectivity index (χ0) is 14.8. The molecule has 106 valence electrons. The molecular formula is C17H14FNO2. The van der Waals surface area contributed by atoms with Gasteiger partial charge in [0, 0.05) is 5.56 Å². The molecule has 1 atom stereocenters. The number of benzene rings is 2. The summed E-state index contributed by atoms with van der Waals surface area (Å²) in [6.07, 6.45) is 1.17. The molecule has 3 nitrogen and oxygen atoms in total. The first kappa shape index (κ1) is 13.6. The van der Waals surface area contributed by atoms with E-state index in [1.807, 2.05) is 18.2 Å². The maximum atomic E-state index is 13.9. The Morgan fingerprint density at radius 1 is 1.33 bits per heavy atom. The molecule has 21 heavy (non-hydrogen) atoms. The first-order valence-electron chi connectivity index (χ1n) is 6.80. The Labute approximate surface area is 122 Å². The fourth-order valence-corrected chi connectivity index (χ4v) is 2.60. The van der Waals surface area contributed by atoms with Gasteiger partial charge >= 0.3 is 0 Å². The second kappa shape index (κ2) is 5.55. The Morgan fingerprint density at radius 3 is 3.00 bits per heavy atom. The number of halogens is 1. The van der Waals surface area contributed by atoms with Crippen LogP contribution in [-0.4, -0.2) is 5.11 Å². The van der Waals surface area contributed by atoms with Crippen LogP contribution in [0.1, 0.15) is 34.8 Å². The quantitative estimate of drug-likeness (QED) is 0.940. The van der Waals surface area contributed by atoms with E-state index in [9.17, 15) is 9.50 Å². The SMILES string of the molecule is N#Cc1cccc(COc2ccc3c(c2)CC[C@H]3O)c1F. The van der Waals surface area contributed by atoms with E-state index in [4.69, 9.17) is 10.00 Å². The summed E-state index contributed by atoms with van der Waals surface area (Å²) < 4.78 is 19.5. The number of ether oxygens (including phenoxy) is 1. The number of fused-ring (bicyclic) bond motifs is 1. The Morgan fingerprint density at radius 2 is 2.19 bits per heavy atom. The van der Waals surface area contributed by atoms with Crippen molar-refractivity contribution in [3.05, 3.63) is 64.5 Å². The highest BCUT2D eigenvalue weighted by atomic mass is 19.1. The Kier molecular flexibility index (Phi) is 3.59. The van der Waals surface area contributed by atoms with E-state index in [1.54, 1.807) is 18.2 Å². The van der Waals surface area contributed by atoms with Gasteiger partial charge in [-0.15, -0.1) is 0 Å². The van der Waals surface area contributed by atoms with Crippen LogP contribution in [0.2, 0.25) is 0 Å². The Hall–Kier alpha value is -2.38. The Bertz CT molecular complexity index is 721. The zero-order valence-corrected chi connectivity index (χ0v) is 11.3. The van der Waals surface area contributed by atoms with Crippen molar-refractivity contribution in [2.45, 2.75) is 25.6 Å². The lowest BCUT2D eigenvalue weighted by Crippen LogP contribution is -2.01. The molecule has 2 aromatic rings. The number of aliphatic hydroxyl groups is 1. The second-order valence-corrected chi connectivity index (χ2v) is 5.09. The van der Waals surface area contributed by atoms with Crippen LogP contribution in [0.3, 0.4) is 0 Å². The summed E-state index contributed by atoms with van der Waals surface area (Å²) in [5, 5.41) is 18.6. The van der Waals surface area contributed by atoms with Crippen LogP contribution >= 0.6 is 0 Å². The summed E-state index contributed by atoms with van der Waals surface area (Å²) in [6, 6.07) is 12.0. The summed E-state index contributed by atoms with van der Waals surface area (Å²) in [4.78, 5) is 0. The van der Waals surface area contributed by atoms with Gasteiger partial charge in [0.2, 0.25) is 0 Å². The molecule has 4 heteroatoms. The molecule has 0 saturated heterocycles. The van der Waals surface area contributed by atoms with Crippen LogP contribution < -0.4 is 4.74 Å². The van der Waals surface area contributed by atoms with Crippen molar-refractivity contribution in [3.63, 3.8) is 0 Å². The van der Waals surface area contributed by atoms with Crippen LogP contribution in [0.5, 0.6) is 5.75 Å². The predicted molar refractivity (Wildman–Crippen MR) is 75.2 cm³/mol. The van der Waals surface area contributed by atoms with Gasteiger partial charge in [-0.1, -0.05) is 18.2 Å². The lowest BCUT2D eigenvalue weighted by atomic mass is 10.1. The molecule has 1 aliphatic carbocycles. The van der Waals surface area contributed by atoms with E-state index in [0.717, 1.165) is 24.0 Å². The molecular weight excluding hydrogens is 269 g/mol. The number of hydrogen-bond acceptors (Lipinski definition) is 3. The van der Waals surface area contributed by atoms with Crippen LogP contribution in [0.15, 0.2) is 36.4 Å². The van der Waals surface area contributed by atoms with Gasteiger partial charge in [-0.2, -0.15) is 5.26 Å². The highest BCUT2D eigenvalue weighted by Crippen LogP contribution is 2.33. The molecule has 0 aliphatic heterocycles.